The SMILES string of the molecule is O=C(CN1CC[C@H](O)C1)Nc1ccc(F)cc1Cl. The molecule has 0 unspecified atom stereocenters. The summed E-state index contributed by atoms with van der Waals surface area (Å²) < 4.78 is 12.8. The third-order valence-corrected chi connectivity index (χ3v) is 3.13. The second-order valence-electron chi connectivity index (χ2n) is 4.35. The predicted octanol–water partition coefficient (Wildman–Crippen LogP) is 1.48. The number of rotatable bonds is 3. The van der Waals surface area contributed by atoms with Gasteiger partial charge in [0.2, 0.25) is 5.91 Å². The second-order valence-corrected chi connectivity index (χ2v) is 4.76. The summed E-state index contributed by atoms with van der Waals surface area (Å²) in [5.41, 5.74) is 0.391. The zero-order valence-corrected chi connectivity index (χ0v) is 10.5. The van der Waals surface area contributed by atoms with Crippen molar-refractivity contribution in [3.05, 3.63) is 29.0 Å². The Balaban J connectivity index is 1.91. The molecule has 98 valence electrons. The van der Waals surface area contributed by atoms with Crippen molar-refractivity contribution >= 4 is 23.2 Å². The molecule has 0 aromatic heterocycles. The van der Waals surface area contributed by atoms with E-state index >= 15 is 0 Å². The molecule has 1 heterocycles. The van der Waals surface area contributed by atoms with Crippen LogP contribution in [0.5, 0.6) is 0 Å². The van der Waals surface area contributed by atoms with E-state index < -0.39 is 5.82 Å². The highest BCUT2D eigenvalue weighted by atomic mass is 35.5. The Morgan fingerprint density at radius 1 is 1.61 bits per heavy atom. The fourth-order valence-electron chi connectivity index (χ4n) is 1.94. The van der Waals surface area contributed by atoms with E-state index in [1.165, 1.54) is 12.1 Å². The smallest absolute Gasteiger partial charge is 0.238 e. The molecule has 1 atom stereocenters. The van der Waals surface area contributed by atoms with Crippen LogP contribution in [0.4, 0.5) is 10.1 Å². The molecule has 1 saturated heterocycles. The minimum Gasteiger partial charge on any atom is -0.392 e. The van der Waals surface area contributed by atoms with Crippen LogP contribution in [-0.4, -0.2) is 41.7 Å². The molecule has 1 aromatic carbocycles. The highest BCUT2D eigenvalue weighted by Gasteiger charge is 2.22. The molecule has 1 fully saturated rings. The average Bonchev–Trinajstić information content (AvgIpc) is 2.68. The first-order valence-corrected chi connectivity index (χ1v) is 6.08. The largest absolute Gasteiger partial charge is 0.392 e. The molecular formula is C12H14ClFN2O2. The number of anilines is 1. The second kappa shape index (κ2) is 5.65. The normalized spacial score (nSPS) is 20.1. The van der Waals surface area contributed by atoms with Gasteiger partial charge in [0.05, 0.1) is 23.4 Å². The summed E-state index contributed by atoms with van der Waals surface area (Å²) in [5, 5.41) is 12.1. The zero-order valence-electron chi connectivity index (χ0n) is 9.70. The molecule has 1 aliphatic rings. The molecule has 2 rings (SSSR count). The number of aliphatic hydroxyl groups excluding tert-OH is 1. The number of hydrogen-bond donors (Lipinski definition) is 2. The maximum absolute atomic E-state index is 12.8. The van der Waals surface area contributed by atoms with E-state index in [2.05, 4.69) is 5.32 Å². The Hall–Kier alpha value is -1.17. The topological polar surface area (TPSA) is 52.6 Å². The van der Waals surface area contributed by atoms with E-state index in [9.17, 15) is 14.3 Å². The van der Waals surface area contributed by atoms with E-state index in [4.69, 9.17) is 11.6 Å². The summed E-state index contributed by atoms with van der Waals surface area (Å²) in [6.45, 7) is 1.40. The number of nitrogens with zero attached hydrogens (tertiary/aromatic N) is 1. The summed E-state index contributed by atoms with van der Waals surface area (Å²) in [6, 6.07) is 3.81. The Morgan fingerprint density at radius 2 is 2.39 bits per heavy atom. The number of aliphatic hydroxyl groups is 1. The van der Waals surface area contributed by atoms with Gasteiger partial charge in [-0.1, -0.05) is 11.6 Å². The fourth-order valence-corrected chi connectivity index (χ4v) is 2.15. The molecule has 1 amide bonds. The molecule has 2 N–H and O–H groups in total. The summed E-state index contributed by atoms with van der Waals surface area (Å²) >= 11 is 5.81. The van der Waals surface area contributed by atoms with Crippen LogP contribution in [0.1, 0.15) is 6.42 Å². The monoisotopic (exact) mass is 272 g/mol. The maximum atomic E-state index is 12.8. The number of β-amino-alcohol motifs (C(OH)–C–C–N with tert-alkyl or cyclic N) is 1. The van der Waals surface area contributed by atoms with Gasteiger partial charge in [0.25, 0.3) is 0 Å². The van der Waals surface area contributed by atoms with E-state index in [1.54, 1.807) is 0 Å². The van der Waals surface area contributed by atoms with Gasteiger partial charge in [0.15, 0.2) is 0 Å². The van der Waals surface area contributed by atoms with Gasteiger partial charge in [-0.15, -0.1) is 0 Å². The van der Waals surface area contributed by atoms with Gasteiger partial charge in [-0.25, -0.2) is 4.39 Å². The Kier molecular flexibility index (Phi) is 4.16. The standard InChI is InChI=1S/C12H14ClFN2O2/c13-10-5-8(14)1-2-11(10)15-12(18)7-16-4-3-9(17)6-16/h1-2,5,9,17H,3-4,6-7H2,(H,15,18)/t9-/m0/s1. The lowest BCUT2D eigenvalue weighted by Gasteiger charge is -2.14. The number of halogens is 2. The number of nitrogens with one attached hydrogen (secondary N) is 1. The van der Waals surface area contributed by atoms with Crippen molar-refractivity contribution in [2.24, 2.45) is 0 Å². The van der Waals surface area contributed by atoms with Gasteiger partial charge in [-0.3, -0.25) is 9.69 Å². The van der Waals surface area contributed by atoms with Crippen LogP contribution in [0.2, 0.25) is 5.02 Å². The van der Waals surface area contributed by atoms with Crippen LogP contribution in [0, 0.1) is 5.82 Å². The first-order valence-electron chi connectivity index (χ1n) is 5.70. The molecular weight excluding hydrogens is 259 g/mol. The Bertz CT molecular complexity index is 456. The Labute approximate surface area is 109 Å². The van der Waals surface area contributed by atoms with Gasteiger partial charge in [-0.2, -0.15) is 0 Å². The van der Waals surface area contributed by atoms with Crippen LogP contribution < -0.4 is 5.32 Å². The number of benzene rings is 1. The minimum absolute atomic E-state index is 0.171. The Morgan fingerprint density at radius 3 is 3.00 bits per heavy atom. The van der Waals surface area contributed by atoms with Crippen molar-refractivity contribution in [1.29, 1.82) is 0 Å². The lowest BCUT2D eigenvalue weighted by molar-refractivity contribution is -0.117. The molecule has 0 radical (unpaired) electrons. The molecule has 1 aliphatic heterocycles. The van der Waals surface area contributed by atoms with Gasteiger partial charge in [0, 0.05) is 13.1 Å². The molecule has 0 aliphatic carbocycles. The van der Waals surface area contributed by atoms with Crippen molar-refractivity contribution < 1.29 is 14.3 Å². The third kappa shape index (κ3) is 3.41. The van der Waals surface area contributed by atoms with Crippen LogP contribution in [-0.2, 0) is 4.79 Å². The van der Waals surface area contributed by atoms with Gasteiger partial charge >= 0.3 is 0 Å². The molecule has 0 spiro atoms. The summed E-state index contributed by atoms with van der Waals surface area (Å²) in [6.07, 6.45) is 0.331. The van der Waals surface area contributed by atoms with E-state index in [1.807, 2.05) is 4.90 Å². The van der Waals surface area contributed by atoms with E-state index in [0.717, 1.165) is 6.07 Å². The minimum atomic E-state index is -0.444. The van der Waals surface area contributed by atoms with Gasteiger partial charge in [-0.05, 0) is 24.6 Å². The number of hydrogen-bond acceptors (Lipinski definition) is 3. The number of amides is 1. The van der Waals surface area contributed by atoms with Crippen LogP contribution >= 0.6 is 11.6 Å². The van der Waals surface area contributed by atoms with Crippen molar-refractivity contribution in [3.63, 3.8) is 0 Å². The highest BCUT2D eigenvalue weighted by molar-refractivity contribution is 6.33. The van der Waals surface area contributed by atoms with Crippen molar-refractivity contribution in [2.75, 3.05) is 25.0 Å². The summed E-state index contributed by atoms with van der Waals surface area (Å²) in [4.78, 5) is 13.6. The van der Waals surface area contributed by atoms with Gasteiger partial charge < -0.3 is 10.4 Å². The zero-order chi connectivity index (χ0) is 13.1. The maximum Gasteiger partial charge on any atom is 0.238 e. The van der Waals surface area contributed by atoms with E-state index in [-0.39, 0.29) is 23.6 Å². The predicted molar refractivity (Wildman–Crippen MR) is 67.1 cm³/mol. The first kappa shape index (κ1) is 13.3. The van der Waals surface area contributed by atoms with Crippen molar-refractivity contribution in [3.8, 4) is 0 Å². The molecule has 1 aromatic rings. The lowest BCUT2D eigenvalue weighted by Crippen LogP contribution is -2.32. The van der Waals surface area contributed by atoms with Crippen molar-refractivity contribution in [1.82, 2.24) is 4.90 Å². The molecule has 6 heteroatoms. The van der Waals surface area contributed by atoms with Crippen LogP contribution in [0.3, 0.4) is 0 Å². The fraction of sp³-hybridized carbons (Fsp3) is 0.417. The summed E-state index contributed by atoms with van der Waals surface area (Å²) in [7, 11) is 0. The van der Waals surface area contributed by atoms with Crippen LogP contribution in [0.15, 0.2) is 18.2 Å². The van der Waals surface area contributed by atoms with Gasteiger partial charge in [0.1, 0.15) is 5.82 Å². The van der Waals surface area contributed by atoms with Crippen LogP contribution in [0.25, 0.3) is 0 Å². The quantitative estimate of drug-likeness (QED) is 0.876. The number of likely N-dealkylation sites (tertiary alicyclic amines) is 1. The molecule has 0 saturated carbocycles. The lowest BCUT2D eigenvalue weighted by atomic mass is 10.3. The number of carbonyl (C=O) groups is 1. The highest BCUT2D eigenvalue weighted by Crippen LogP contribution is 2.22. The van der Waals surface area contributed by atoms with Crippen molar-refractivity contribution in [2.45, 2.75) is 12.5 Å². The summed E-state index contributed by atoms with van der Waals surface area (Å²) in [5.74, 6) is -0.668. The van der Waals surface area contributed by atoms with E-state index in [0.29, 0.717) is 25.2 Å². The first-order chi connectivity index (χ1) is 8.54. The number of carbonyl (C=O) groups excluding carboxylic acids is 1. The molecule has 18 heavy (non-hydrogen) atoms. The molecule has 4 nitrogen and oxygen atoms in total. The third-order valence-electron chi connectivity index (χ3n) is 2.82. The molecule has 0 bridgehead atoms. The average molecular weight is 273 g/mol.